The van der Waals surface area contributed by atoms with Crippen LogP contribution in [0, 0.1) is 11.3 Å². The summed E-state index contributed by atoms with van der Waals surface area (Å²) >= 11 is 0. The van der Waals surface area contributed by atoms with Crippen LogP contribution in [-0.4, -0.2) is 22.1 Å². The summed E-state index contributed by atoms with van der Waals surface area (Å²) in [6, 6.07) is 7.81. The van der Waals surface area contributed by atoms with Gasteiger partial charge in [0.25, 0.3) is 0 Å². The maximum Gasteiger partial charge on any atom is 0.483 e. The van der Waals surface area contributed by atoms with E-state index in [-0.39, 0.29) is 29.1 Å². The second-order valence-corrected chi connectivity index (χ2v) is 5.58. The van der Waals surface area contributed by atoms with Crippen molar-refractivity contribution in [3.63, 3.8) is 0 Å². The number of alkyl halides is 2. The Labute approximate surface area is 141 Å². The SMILES string of the molecule is C[C@H](O)c1cccc2c1OC(F)(F)C(=O)N2Cc1cncc(C#N)c1. The number of ether oxygens (including phenoxy) is 1. The van der Waals surface area contributed by atoms with E-state index in [9.17, 15) is 18.7 Å². The first-order valence-corrected chi connectivity index (χ1v) is 7.37. The molecule has 1 aliphatic rings. The highest BCUT2D eigenvalue weighted by Gasteiger charge is 2.51. The molecule has 0 saturated carbocycles. The number of aliphatic hydroxyl groups is 1. The molecule has 2 aromatic rings. The molecule has 0 bridgehead atoms. The zero-order valence-corrected chi connectivity index (χ0v) is 13.1. The summed E-state index contributed by atoms with van der Waals surface area (Å²) in [7, 11) is 0. The van der Waals surface area contributed by atoms with Gasteiger partial charge in [-0.25, -0.2) is 0 Å². The van der Waals surface area contributed by atoms with Gasteiger partial charge < -0.3 is 9.84 Å². The van der Waals surface area contributed by atoms with E-state index in [1.807, 2.05) is 6.07 Å². The highest BCUT2D eigenvalue weighted by Crippen LogP contribution is 2.44. The van der Waals surface area contributed by atoms with Crippen LogP contribution in [0.3, 0.4) is 0 Å². The summed E-state index contributed by atoms with van der Waals surface area (Å²) in [5.41, 5.74) is 0.941. The first kappa shape index (κ1) is 16.8. The average molecular weight is 345 g/mol. The van der Waals surface area contributed by atoms with Crippen molar-refractivity contribution in [2.24, 2.45) is 0 Å². The standard InChI is InChI=1S/C17H13F2N3O3/c1-10(23)13-3-2-4-14-15(13)25-17(18,19)16(24)22(14)9-12-5-11(6-20)7-21-8-12/h2-5,7-8,10,23H,9H2,1H3/t10-/m0/s1. The number of halogens is 2. The quantitative estimate of drug-likeness (QED) is 0.924. The van der Waals surface area contributed by atoms with Crippen LogP contribution >= 0.6 is 0 Å². The van der Waals surface area contributed by atoms with Crippen LogP contribution in [0.25, 0.3) is 0 Å². The summed E-state index contributed by atoms with van der Waals surface area (Å²) in [4.78, 5) is 16.9. The molecule has 1 aromatic carbocycles. The topological polar surface area (TPSA) is 86.5 Å². The molecule has 0 unspecified atom stereocenters. The molecule has 0 aliphatic carbocycles. The molecule has 6 nitrogen and oxygen atoms in total. The minimum Gasteiger partial charge on any atom is -0.423 e. The molecule has 0 spiro atoms. The van der Waals surface area contributed by atoms with Crippen LogP contribution in [0.4, 0.5) is 14.5 Å². The lowest BCUT2D eigenvalue weighted by Gasteiger charge is -2.34. The lowest BCUT2D eigenvalue weighted by Crippen LogP contribution is -2.50. The molecule has 0 saturated heterocycles. The van der Waals surface area contributed by atoms with Crippen LogP contribution in [0.5, 0.6) is 5.75 Å². The van der Waals surface area contributed by atoms with Crippen molar-refractivity contribution < 1.29 is 23.4 Å². The number of carbonyl (C=O) groups is 1. The number of aliphatic hydroxyl groups excluding tert-OH is 1. The number of hydrogen-bond acceptors (Lipinski definition) is 5. The largest absolute Gasteiger partial charge is 0.483 e. The van der Waals surface area contributed by atoms with Crippen LogP contribution in [0.15, 0.2) is 36.7 Å². The van der Waals surface area contributed by atoms with Crippen molar-refractivity contribution in [1.29, 1.82) is 5.26 Å². The lowest BCUT2D eigenvalue weighted by molar-refractivity contribution is -0.193. The van der Waals surface area contributed by atoms with Gasteiger partial charge in [0.1, 0.15) is 6.07 Å². The Morgan fingerprint density at radius 3 is 2.88 bits per heavy atom. The molecular weight excluding hydrogens is 332 g/mol. The number of nitrogens with zero attached hydrogens (tertiary/aromatic N) is 3. The fourth-order valence-electron chi connectivity index (χ4n) is 2.61. The van der Waals surface area contributed by atoms with Gasteiger partial charge >= 0.3 is 12.0 Å². The van der Waals surface area contributed by atoms with Crippen molar-refractivity contribution in [2.45, 2.75) is 25.7 Å². The third kappa shape index (κ3) is 3.02. The molecule has 1 N–H and O–H groups in total. The Hall–Kier alpha value is -3.05. The van der Waals surface area contributed by atoms with Crippen LogP contribution in [0.2, 0.25) is 0 Å². The predicted octanol–water partition coefficient (Wildman–Crippen LogP) is 2.52. The summed E-state index contributed by atoms with van der Waals surface area (Å²) < 4.78 is 32.7. The number of benzene rings is 1. The van der Waals surface area contributed by atoms with Crippen LogP contribution in [-0.2, 0) is 11.3 Å². The van der Waals surface area contributed by atoms with Crippen molar-refractivity contribution in [1.82, 2.24) is 4.98 Å². The van der Waals surface area contributed by atoms with Gasteiger partial charge in [0.2, 0.25) is 0 Å². The molecule has 128 valence electrons. The molecular formula is C17H13F2N3O3. The third-order valence-corrected chi connectivity index (χ3v) is 3.75. The normalized spacial score (nSPS) is 16.6. The second-order valence-electron chi connectivity index (χ2n) is 5.58. The zero-order valence-electron chi connectivity index (χ0n) is 13.1. The summed E-state index contributed by atoms with van der Waals surface area (Å²) in [5, 5.41) is 18.7. The average Bonchev–Trinajstić information content (AvgIpc) is 2.58. The predicted molar refractivity (Wildman–Crippen MR) is 82.8 cm³/mol. The summed E-state index contributed by atoms with van der Waals surface area (Å²) in [5.74, 6) is -1.77. The molecule has 2 heterocycles. The molecule has 8 heteroatoms. The number of carbonyl (C=O) groups excluding carboxylic acids is 1. The first-order valence-electron chi connectivity index (χ1n) is 7.37. The molecule has 1 atom stereocenters. The van der Waals surface area contributed by atoms with Crippen molar-refractivity contribution >= 4 is 11.6 Å². The van der Waals surface area contributed by atoms with E-state index in [0.29, 0.717) is 5.56 Å². The van der Waals surface area contributed by atoms with Crippen molar-refractivity contribution in [2.75, 3.05) is 4.90 Å². The Balaban J connectivity index is 2.08. The monoisotopic (exact) mass is 345 g/mol. The molecule has 0 radical (unpaired) electrons. The number of para-hydroxylation sites is 1. The van der Waals surface area contributed by atoms with Gasteiger partial charge in [-0.15, -0.1) is 0 Å². The van der Waals surface area contributed by atoms with Gasteiger partial charge in [-0.05, 0) is 24.6 Å². The fraction of sp³-hybridized carbons (Fsp3) is 0.235. The van der Waals surface area contributed by atoms with Gasteiger partial charge in [0, 0.05) is 18.0 Å². The van der Waals surface area contributed by atoms with Gasteiger partial charge in [-0.1, -0.05) is 12.1 Å². The highest BCUT2D eigenvalue weighted by molar-refractivity contribution is 6.01. The minimum atomic E-state index is -4.06. The Kier molecular flexibility index (Phi) is 4.10. The summed E-state index contributed by atoms with van der Waals surface area (Å²) in [6.45, 7) is 1.20. The van der Waals surface area contributed by atoms with Gasteiger partial charge in [0.05, 0.1) is 23.9 Å². The Morgan fingerprint density at radius 1 is 1.44 bits per heavy atom. The Morgan fingerprint density at radius 2 is 2.20 bits per heavy atom. The van der Waals surface area contributed by atoms with Crippen molar-refractivity contribution in [3.05, 3.63) is 53.3 Å². The van der Waals surface area contributed by atoms with E-state index in [1.165, 1.54) is 43.6 Å². The number of pyridine rings is 1. The molecule has 1 amide bonds. The number of hydrogen-bond donors (Lipinski definition) is 1. The number of amides is 1. The fourth-order valence-corrected chi connectivity index (χ4v) is 2.61. The second kappa shape index (κ2) is 6.11. The van der Waals surface area contributed by atoms with Gasteiger partial charge in [0.15, 0.2) is 5.75 Å². The number of nitriles is 1. The first-order chi connectivity index (χ1) is 11.8. The Bertz CT molecular complexity index is 878. The molecule has 0 fully saturated rings. The van der Waals surface area contributed by atoms with Gasteiger partial charge in [-0.2, -0.15) is 14.0 Å². The lowest BCUT2D eigenvalue weighted by atomic mass is 10.1. The molecule has 1 aromatic heterocycles. The number of rotatable bonds is 3. The van der Waals surface area contributed by atoms with Crippen molar-refractivity contribution in [3.8, 4) is 11.8 Å². The minimum absolute atomic E-state index is 0.122. The van der Waals surface area contributed by atoms with Gasteiger partial charge in [-0.3, -0.25) is 14.7 Å². The van der Waals surface area contributed by atoms with E-state index in [1.54, 1.807) is 0 Å². The van der Waals surface area contributed by atoms with E-state index in [4.69, 9.17) is 5.26 Å². The smallest absolute Gasteiger partial charge is 0.423 e. The molecule has 1 aliphatic heterocycles. The maximum atomic E-state index is 14.1. The number of fused-ring (bicyclic) bond motifs is 1. The van der Waals surface area contributed by atoms with Crippen LogP contribution < -0.4 is 9.64 Å². The zero-order chi connectivity index (χ0) is 18.2. The third-order valence-electron chi connectivity index (χ3n) is 3.75. The molecule has 25 heavy (non-hydrogen) atoms. The van der Waals surface area contributed by atoms with E-state index < -0.39 is 18.1 Å². The van der Waals surface area contributed by atoms with E-state index in [0.717, 1.165) is 4.90 Å². The summed E-state index contributed by atoms with van der Waals surface area (Å²) in [6.07, 6.45) is -2.39. The van der Waals surface area contributed by atoms with Crippen LogP contribution in [0.1, 0.15) is 29.7 Å². The number of aromatic nitrogens is 1. The maximum absolute atomic E-state index is 14.1. The van der Waals surface area contributed by atoms with E-state index >= 15 is 0 Å². The number of anilines is 1. The highest BCUT2D eigenvalue weighted by atomic mass is 19.3. The molecule has 3 rings (SSSR count). The van der Waals surface area contributed by atoms with E-state index in [2.05, 4.69) is 9.72 Å².